The monoisotopic (exact) mass is 272 g/mol. The molecule has 5 nitrogen and oxygen atoms in total. The summed E-state index contributed by atoms with van der Waals surface area (Å²) in [7, 11) is 0. The number of aliphatic hydroxyl groups is 1. The van der Waals surface area contributed by atoms with E-state index in [-0.39, 0.29) is 11.9 Å². The van der Waals surface area contributed by atoms with Gasteiger partial charge in [-0.15, -0.1) is 0 Å². The van der Waals surface area contributed by atoms with Gasteiger partial charge in [-0.1, -0.05) is 6.07 Å². The number of rotatable bonds is 3. The SMILES string of the molecule is O=C(c1ccoc1)N1CC[C@@H](O)[C@@H]1Cc1cccnc1. The minimum Gasteiger partial charge on any atom is -0.472 e. The molecule has 2 aromatic heterocycles. The highest BCUT2D eigenvalue weighted by Gasteiger charge is 2.36. The highest BCUT2D eigenvalue weighted by atomic mass is 16.3. The summed E-state index contributed by atoms with van der Waals surface area (Å²) >= 11 is 0. The molecule has 5 heteroatoms. The number of nitrogens with zero attached hydrogens (tertiary/aromatic N) is 2. The zero-order valence-electron chi connectivity index (χ0n) is 11.0. The summed E-state index contributed by atoms with van der Waals surface area (Å²) in [5, 5.41) is 10.1. The Morgan fingerprint density at radius 2 is 2.40 bits per heavy atom. The Labute approximate surface area is 116 Å². The largest absolute Gasteiger partial charge is 0.472 e. The second-order valence-corrected chi connectivity index (χ2v) is 5.00. The molecular weight excluding hydrogens is 256 g/mol. The molecule has 1 aliphatic heterocycles. The number of pyridine rings is 1. The van der Waals surface area contributed by atoms with Gasteiger partial charge in [0.05, 0.1) is 24.0 Å². The van der Waals surface area contributed by atoms with Crippen molar-refractivity contribution in [3.63, 3.8) is 0 Å². The number of amides is 1. The molecule has 0 spiro atoms. The van der Waals surface area contributed by atoms with Crippen LogP contribution in [0.3, 0.4) is 0 Å². The fourth-order valence-corrected chi connectivity index (χ4v) is 2.65. The average molecular weight is 272 g/mol. The van der Waals surface area contributed by atoms with Crippen molar-refractivity contribution in [2.24, 2.45) is 0 Å². The maximum atomic E-state index is 12.4. The normalized spacial score (nSPS) is 22.1. The van der Waals surface area contributed by atoms with Gasteiger partial charge in [-0.2, -0.15) is 0 Å². The highest BCUT2D eigenvalue weighted by molar-refractivity contribution is 5.94. The van der Waals surface area contributed by atoms with Crippen LogP contribution >= 0.6 is 0 Å². The Bertz CT molecular complexity index is 568. The van der Waals surface area contributed by atoms with Crippen LogP contribution < -0.4 is 0 Å². The molecule has 0 aliphatic carbocycles. The Kier molecular flexibility index (Phi) is 3.52. The van der Waals surface area contributed by atoms with Crippen LogP contribution in [-0.4, -0.2) is 39.6 Å². The van der Waals surface area contributed by atoms with E-state index in [1.54, 1.807) is 23.4 Å². The lowest BCUT2D eigenvalue weighted by atomic mass is 10.0. The minimum absolute atomic E-state index is 0.0933. The van der Waals surface area contributed by atoms with Crippen LogP contribution in [0.1, 0.15) is 22.3 Å². The molecular formula is C15H16N2O3. The fraction of sp³-hybridized carbons (Fsp3) is 0.333. The molecule has 2 aromatic rings. The van der Waals surface area contributed by atoms with Crippen LogP contribution in [0.15, 0.2) is 47.5 Å². The number of aromatic nitrogens is 1. The first-order valence-corrected chi connectivity index (χ1v) is 6.66. The van der Waals surface area contributed by atoms with E-state index in [0.29, 0.717) is 24.9 Å². The van der Waals surface area contributed by atoms with Crippen LogP contribution in [0.4, 0.5) is 0 Å². The zero-order chi connectivity index (χ0) is 13.9. The summed E-state index contributed by atoms with van der Waals surface area (Å²) in [5.41, 5.74) is 1.54. The molecule has 1 amide bonds. The third-order valence-electron chi connectivity index (χ3n) is 3.71. The summed E-state index contributed by atoms with van der Waals surface area (Å²) in [5.74, 6) is -0.0933. The highest BCUT2D eigenvalue weighted by Crippen LogP contribution is 2.23. The lowest BCUT2D eigenvalue weighted by Crippen LogP contribution is -2.41. The molecule has 104 valence electrons. The molecule has 20 heavy (non-hydrogen) atoms. The minimum atomic E-state index is -0.494. The lowest BCUT2D eigenvalue weighted by molar-refractivity contribution is 0.0639. The Morgan fingerprint density at radius 3 is 3.10 bits per heavy atom. The van der Waals surface area contributed by atoms with Crippen molar-refractivity contribution in [2.45, 2.75) is 25.0 Å². The van der Waals surface area contributed by atoms with Gasteiger partial charge in [0.2, 0.25) is 0 Å². The van der Waals surface area contributed by atoms with Gasteiger partial charge in [0.1, 0.15) is 6.26 Å². The molecule has 2 atom stereocenters. The number of likely N-dealkylation sites (tertiary alicyclic amines) is 1. The van der Waals surface area contributed by atoms with E-state index < -0.39 is 6.10 Å². The molecule has 0 radical (unpaired) electrons. The van der Waals surface area contributed by atoms with Gasteiger partial charge in [-0.05, 0) is 30.5 Å². The molecule has 0 aromatic carbocycles. The zero-order valence-corrected chi connectivity index (χ0v) is 11.0. The fourth-order valence-electron chi connectivity index (χ4n) is 2.65. The van der Waals surface area contributed by atoms with Gasteiger partial charge in [0, 0.05) is 18.9 Å². The van der Waals surface area contributed by atoms with Crippen molar-refractivity contribution >= 4 is 5.91 Å². The predicted octanol–water partition coefficient (Wildman–Crippen LogP) is 1.49. The Balaban J connectivity index is 1.78. The molecule has 0 bridgehead atoms. The molecule has 1 N–H and O–H groups in total. The maximum Gasteiger partial charge on any atom is 0.257 e. The second-order valence-electron chi connectivity index (χ2n) is 5.00. The number of carbonyl (C=O) groups is 1. The molecule has 3 rings (SSSR count). The van der Waals surface area contributed by atoms with Crippen LogP contribution in [0.2, 0.25) is 0 Å². The summed E-state index contributed by atoms with van der Waals surface area (Å²) in [6.07, 6.45) is 7.12. The third kappa shape index (κ3) is 2.44. The van der Waals surface area contributed by atoms with E-state index in [4.69, 9.17) is 4.42 Å². The summed E-state index contributed by atoms with van der Waals surface area (Å²) < 4.78 is 4.96. The van der Waals surface area contributed by atoms with E-state index >= 15 is 0 Å². The molecule has 1 aliphatic rings. The topological polar surface area (TPSA) is 66.6 Å². The summed E-state index contributed by atoms with van der Waals surface area (Å²) in [6.45, 7) is 0.566. The maximum absolute atomic E-state index is 12.4. The molecule has 1 saturated heterocycles. The van der Waals surface area contributed by atoms with Crippen molar-refractivity contribution in [2.75, 3.05) is 6.54 Å². The molecule has 0 saturated carbocycles. The smallest absolute Gasteiger partial charge is 0.257 e. The first-order chi connectivity index (χ1) is 9.75. The lowest BCUT2D eigenvalue weighted by Gasteiger charge is -2.26. The van der Waals surface area contributed by atoms with Crippen LogP contribution in [0.5, 0.6) is 0 Å². The second kappa shape index (κ2) is 5.46. The van der Waals surface area contributed by atoms with Crippen LogP contribution in [0, 0.1) is 0 Å². The predicted molar refractivity (Wildman–Crippen MR) is 72.1 cm³/mol. The average Bonchev–Trinajstić information content (AvgIpc) is 3.11. The number of hydrogen-bond donors (Lipinski definition) is 1. The van der Waals surface area contributed by atoms with E-state index in [9.17, 15) is 9.90 Å². The quantitative estimate of drug-likeness (QED) is 0.919. The summed E-state index contributed by atoms with van der Waals surface area (Å²) in [4.78, 5) is 18.2. The number of furan rings is 1. The third-order valence-corrected chi connectivity index (χ3v) is 3.71. The van der Waals surface area contributed by atoms with Gasteiger partial charge >= 0.3 is 0 Å². The molecule has 3 heterocycles. The first-order valence-electron chi connectivity index (χ1n) is 6.66. The van der Waals surface area contributed by atoms with Crippen molar-refractivity contribution < 1.29 is 14.3 Å². The van der Waals surface area contributed by atoms with E-state index in [1.165, 1.54) is 12.5 Å². The van der Waals surface area contributed by atoms with Crippen molar-refractivity contribution in [1.29, 1.82) is 0 Å². The summed E-state index contributed by atoms with van der Waals surface area (Å²) in [6, 6.07) is 5.26. The standard InChI is InChI=1S/C15H16N2O3/c18-14-3-6-17(15(19)12-4-7-20-10-12)13(14)8-11-2-1-5-16-9-11/h1-2,4-5,7,9-10,13-14,18H,3,6,8H2/t13-,14+/m0/s1. The van der Waals surface area contributed by atoms with Gasteiger partial charge in [0.25, 0.3) is 5.91 Å². The Hall–Kier alpha value is -2.14. The van der Waals surface area contributed by atoms with Crippen LogP contribution in [-0.2, 0) is 6.42 Å². The van der Waals surface area contributed by atoms with E-state index in [0.717, 1.165) is 5.56 Å². The molecule has 0 unspecified atom stereocenters. The number of hydrogen-bond acceptors (Lipinski definition) is 4. The number of carbonyl (C=O) groups excluding carboxylic acids is 1. The van der Waals surface area contributed by atoms with Crippen molar-refractivity contribution in [3.05, 3.63) is 54.2 Å². The van der Waals surface area contributed by atoms with E-state index in [1.807, 2.05) is 12.1 Å². The van der Waals surface area contributed by atoms with Gasteiger partial charge < -0.3 is 14.4 Å². The number of aliphatic hydroxyl groups excluding tert-OH is 1. The van der Waals surface area contributed by atoms with Gasteiger partial charge in [0.15, 0.2) is 0 Å². The van der Waals surface area contributed by atoms with Gasteiger partial charge in [-0.25, -0.2) is 0 Å². The van der Waals surface area contributed by atoms with Crippen molar-refractivity contribution in [3.8, 4) is 0 Å². The molecule has 1 fully saturated rings. The first kappa shape index (κ1) is 12.9. The van der Waals surface area contributed by atoms with Gasteiger partial charge in [-0.3, -0.25) is 9.78 Å². The Morgan fingerprint density at radius 1 is 1.50 bits per heavy atom. The van der Waals surface area contributed by atoms with E-state index in [2.05, 4.69) is 4.98 Å². The van der Waals surface area contributed by atoms with Crippen LogP contribution in [0.25, 0.3) is 0 Å². The van der Waals surface area contributed by atoms with Crippen molar-refractivity contribution in [1.82, 2.24) is 9.88 Å².